The van der Waals surface area contributed by atoms with Crippen molar-refractivity contribution in [3.05, 3.63) is 0 Å². The van der Waals surface area contributed by atoms with E-state index < -0.39 is 0 Å². The van der Waals surface area contributed by atoms with Crippen molar-refractivity contribution in [2.24, 2.45) is 17.8 Å². The van der Waals surface area contributed by atoms with E-state index in [1.165, 1.54) is 12.8 Å². The van der Waals surface area contributed by atoms with Crippen molar-refractivity contribution in [1.82, 2.24) is 0 Å². The molecule has 1 rings (SSSR count). The third-order valence-electron chi connectivity index (χ3n) is 3.19. The van der Waals surface area contributed by atoms with E-state index >= 15 is 0 Å². The minimum absolute atomic E-state index is 0.251. The highest BCUT2D eigenvalue weighted by Gasteiger charge is 2.42. The summed E-state index contributed by atoms with van der Waals surface area (Å²) < 4.78 is -0.251. The van der Waals surface area contributed by atoms with Crippen LogP contribution in [0.2, 0.25) is 0 Å². The lowest BCUT2D eigenvalue weighted by molar-refractivity contribution is 0.211. The fourth-order valence-electron chi connectivity index (χ4n) is 2.44. The van der Waals surface area contributed by atoms with E-state index in [2.05, 4.69) is 42.8 Å². The number of hydrogen-bond donors (Lipinski definition) is 0. The Kier molecular flexibility index (Phi) is 3.40. The van der Waals surface area contributed by atoms with Gasteiger partial charge in [0, 0.05) is 0 Å². The van der Waals surface area contributed by atoms with Crippen LogP contribution in [0.15, 0.2) is 0 Å². The lowest BCUT2D eigenvalue weighted by Crippen LogP contribution is -2.39. The van der Waals surface area contributed by atoms with Crippen LogP contribution < -0.4 is 0 Å². The first-order valence-corrected chi connectivity index (χ1v) is 5.89. The molecule has 0 N–H and O–H groups in total. The summed E-state index contributed by atoms with van der Waals surface area (Å²) in [4.78, 5) is 0. The molecule has 3 unspecified atom stereocenters. The van der Waals surface area contributed by atoms with Crippen LogP contribution in [0.5, 0.6) is 0 Å². The summed E-state index contributed by atoms with van der Waals surface area (Å²) in [5, 5.41) is 9.19. The minimum atomic E-state index is -0.251. The van der Waals surface area contributed by atoms with Crippen LogP contribution in [0, 0.1) is 29.1 Å². The second kappa shape index (κ2) is 4.00. The normalized spacial score (nSPS) is 40.3. The molecule has 0 aliphatic heterocycles. The second-order valence-corrected chi connectivity index (χ2v) is 6.13. The molecule has 0 heterocycles. The summed E-state index contributed by atoms with van der Waals surface area (Å²) in [6, 6.07) is 2.46. The van der Waals surface area contributed by atoms with Crippen LogP contribution in [-0.2, 0) is 0 Å². The van der Waals surface area contributed by atoms with Gasteiger partial charge in [-0.05, 0) is 30.6 Å². The molecule has 1 aliphatic rings. The minimum Gasteiger partial charge on any atom is -0.197 e. The lowest BCUT2D eigenvalue weighted by Gasteiger charge is -2.39. The Morgan fingerprint density at radius 3 is 2.54 bits per heavy atom. The van der Waals surface area contributed by atoms with Gasteiger partial charge in [0.2, 0.25) is 0 Å². The molecule has 3 atom stereocenters. The molecule has 0 aromatic rings. The average Bonchev–Trinajstić information content (AvgIpc) is 2.03. The second-order valence-electron chi connectivity index (χ2n) is 4.71. The molecule has 74 valence electrons. The summed E-state index contributed by atoms with van der Waals surface area (Å²) in [5.74, 6) is 1.81. The van der Waals surface area contributed by atoms with Crippen LogP contribution in [0.1, 0.15) is 40.0 Å². The number of nitriles is 1. The van der Waals surface area contributed by atoms with E-state index in [9.17, 15) is 5.26 Å². The number of hydrogen-bond acceptors (Lipinski definition) is 1. The summed E-state index contributed by atoms with van der Waals surface area (Å²) in [5.41, 5.74) is 0. The van der Waals surface area contributed by atoms with Gasteiger partial charge < -0.3 is 0 Å². The molecular weight excluding hydrogens is 226 g/mol. The molecule has 1 nitrogen and oxygen atoms in total. The molecular formula is C11H18BrN. The number of nitrogens with zero attached hydrogens (tertiary/aromatic N) is 1. The van der Waals surface area contributed by atoms with Crippen molar-refractivity contribution in [3.8, 4) is 6.07 Å². The van der Waals surface area contributed by atoms with Gasteiger partial charge in [-0.2, -0.15) is 5.26 Å². The smallest absolute Gasteiger partial charge is 0.115 e. The fraction of sp³-hybridized carbons (Fsp3) is 0.909. The third kappa shape index (κ3) is 2.26. The molecule has 0 radical (unpaired) electrons. The predicted octanol–water partition coefficient (Wildman–Crippen LogP) is 3.74. The average molecular weight is 244 g/mol. The highest BCUT2D eigenvalue weighted by atomic mass is 79.9. The number of alkyl halides is 1. The topological polar surface area (TPSA) is 23.8 Å². The first-order chi connectivity index (χ1) is 5.99. The monoisotopic (exact) mass is 243 g/mol. The van der Waals surface area contributed by atoms with E-state index in [1.54, 1.807) is 0 Å². The van der Waals surface area contributed by atoms with Crippen LogP contribution >= 0.6 is 15.9 Å². The fourth-order valence-corrected chi connectivity index (χ4v) is 3.75. The van der Waals surface area contributed by atoms with Gasteiger partial charge >= 0.3 is 0 Å². The third-order valence-corrected chi connectivity index (χ3v) is 4.28. The zero-order chi connectivity index (χ0) is 10.1. The van der Waals surface area contributed by atoms with Gasteiger partial charge in [0.1, 0.15) is 4.32 Å². The summed E-state index contributed by atoms with van der Waals surface area (Å²) in [6.45, 7) is 6.67. The van der Waals surface area contributed by atoms with Crippen molar-refractivity contribution in [2.45, 2.75) is 44.4 Å². The number of halogens is 1. The Hall–Kier alpha value is -0.0300. The number of rotatable bonds is 1. The van der Waals surface area contributed by atoms with Crippen molar-refractivity contribution in [1.29, 1.82) is 5.26 Å². The van der Waals surface area contributed by atoms with Gasteiger partial charge in [-0.3, -0.25) is 0 Å². The van der Waals surface area contributed by atoms with Crippen molar-refractivity contribution in [3.63, 3.8) is 0 Å². The molecule has 1 saturated carbocycles. The van der Waals surface area contributed by atoms with Crippen molar-refractivity contribution >= 4 is 15.9 Å². The van der Waals surface area contributed by atoms with Gasteiger partial charge in [-0.25, -0.2) is 0 Å². The van der Waals surface area contributed by atoms with Gasteiger partial charge in [0.05, 0.1) is 6.07 Å². The Balaban J connectivity index is 2.80. The molecule has 2 heteroatoms. The van der Waals surface area contributed by atoms with E-state index in [1.807, 2.05) is 0 Å². The van der Waals surface area contributed by atoms with Crippen molar-refractivity contribution < 1.29 is 0 Å². The van der Waals surface area contributed by atoms with E-state index in [-0.39, 0.29) is 4.32 Å². The zero-order valence-corrected chi connectivity index (χ0v) is 10.3. The van der Waals surface area contributed by atoms with Crippen LogP contribution in [0.3, 0.4) is 0 Å². The maximum atomic E-state index is 9.19. The van der Waals surface area contributed by atoms with E-state index in [0.717, 1.165) is 6.42 Å². The molecule has 0 saturated heterocycles. The van der Waals surface area contributed by atoms with E-state index in [0.29, 0.717) is 17.8 Å². The van der Waals surface area contributed by atoms with Crippen LogP contribution in [0.25, 0.3) is 0 Å². The summed E-state index contributed by atoms with van der Waals surface area (Å²) in [6.07, 6.45) is 3.47. The molecule has 0 aromatic heterocycles. The molecule has 0 aromatic carbocycles. The molecule has 1 fully saturated rings. The predicted molar refractivity (Wildman–Crippen MR) is 58.6 cm³/mol. The SMILES string of the molecule is CC1CCC(C(C)C)C(Br)(C#N)C1. The van der Waals surface area contributed by atoms with Crippen LogP contribution in [0.4, 0.5) is 0 Å². The highest BCUT2D eigenvalue weighted by Crippen LogP contribution is 2.45. The molecule has 0 spiro atoms. The quantitative estimate of drug-likeness (QED) is 0.644. The first-order valence-electron chi connectivity index (χ1n) is 5.09. The summed E-state index contributed by atoms with van der Waals surface area (Å²) >= 11 is 3.64. The summed E-state index contributed by atoms with van der Waals surface area (Å²) in [7, 11) is 0. The highest BCUT2D eigenvalue weighted by molar-refractivity contribution is 9.10. The van der Waals surface area contributed by atoms with Crippen LogP contribution in [-0.4, -0.2) is 4.32 Å². The standard InChI is InChI=1S/C11H18BrN/c1-8(2)10-5-4-9(3)6-11(10,12)7-13/h8-10H,4-6H2,1-3H3. The van der Waals surface area contributed by atoms with Gasteiger partial charge in [0.25, 0.3) is 0 Å². The maximum absolute atomic E-state index is 9.19. The van der Waals surface area contributed by atoms with Gasteiger partial charge in [0.15, 0.2) is 0 Å². The molecule has 0 bridgehead atoms. The maximum Gasteiger partial charge on any atom is 0.115 e. The molecule has 0 amide bonds. The Morgan fingerprint density at radius 2 is 2.08 bits per heavy atom. The van der Waals surface area contributed by atoms with Gasteiger partial charge in [-0.1, -0.05) is 43.1 Å². The first kappa shape index (κ1) is 11.0. The Labute approximate surface area is 89.6 Å². The molecule has 1 aliphatic carbocycles. The Bertz CT molecular complexity index is 219. The van der Waals surface area contributed by atoms with Gasteiger partial charge in [-0.15, -0.1) is 0 Å². The zero-order valence-electron chi connectivity index (χ0n) is 8.68. The Morgan fingerprint density at radius 1 is 1.46 bits per heavy atom. The van der Waals surface area contributed by atoms with Crippen molar-refractivity contribution in [2.75, 3.05) is 0 Å². The lowest BCUT2D eigenvalue weighted by atomic mass is 9.70. The van der Waals surface area contributed by atoms with E-state index in [4.69, 9.17) is 0 Å². The molecule has 13 heavy (non-hydrogen) atoms. The largest absolute Gasteiger partial charge is 0.197 e.